The minimum absolute atomic E-state index is 0.0550. The highest BCUT2D eigenvalue weighted by atomic mass is 19.4. The maximum absolute atomic E-state index is 12.7. The van der Waals surface area contributed by atoms with Crippen LogP contribution in [0.15, 0.2) is 4.52 Å². The van der Waals surface area contributed by atoms with Crippen molar-refractivity contribution in [3.63, 3.8) is 0 Å². The Kier molecular flexibility index (Phi) is 4.68. The number of nitrogens with zero attached hydrogens (tertiary/aromatic N) is 7. The lowest BCUT2D eigenvalue weighted by atomic mass is 10.0. The zero-order chi connectivity index (χ0) is 18.0. The summed E-state index contributed by atoms with van der Waals surface area (Å²) in [6.45, 7) is 0.826. The lowest BCUT2D eigenvalue weighted by Gasteiger charge is -2.21. The molecule has 0 unspecified atom stereocenters. The third kappa shape index (κ3) is 3.77. The van der Waals surface area contributed by atoms with Crippen LogP contribution in [0.1, 0.15) is 42.7 Å². The first-order valence-corrected chi connectivity index (χ1v) is 7.77. The molecule has 2 aromatic rings. The molecule has 0 saturated carbocycles. The molecule has 1 atom stereocenters. The van der Waals surface area contributed by atoms with Gasteiger partial charge in [-0.15, -0.1) is 5.10 Å². The summed E-state index contributed by atoms with van der Waals surface area (Å²) >= 11 is 0. The molecule has 0 fully saturated rings. The molecule has 0 aromatic carbocycles. The molecule has 12 heteroatoms. The number of carbonyl (C=O) groups is 1. The van der Waals surface area contributed by atoms with E-state index in [1.165, 1.54) is 4.90 Å². The second-order valence-electron chi connectivity index (χ2n) is 5.83. The minimum Gasteiger partial charge on any atom is -0.345 e. The van der Waals surface area contributed by atoms with Crippen molar-refractivity contribution in [2.75, 3.05) is 13.6 Å². The van der Waals surface area contributed by atoms with E-state index in [2.05, 4.69) is 30.2 Å². The quantitative estimate of drug-likeness (QED) is 0.803. The Morgan fingerprint density at radius 2 is 2.20 bits per heavy atom. The molecule has 9 nitrogen and oxygen atoms in total. The van der Waals surface area contributed by atoms with Gasteiger partial charge in [0.15, 0.2) is 11.6 Å². The van der Waals surface area contributed by atoms with Crippen molar-refractivity contribution < 1.29 is 22.5 Å². The fraction of sp³-hybridized carbons (Fsp3) is 0.692. The number of likely N-dealkylation sites (N-methyl/N-ethyl adjacent to an activating group) is 1. The van der Waals surface area contributed by atoms with Gasteiger partial charge in [-0.3, -0.25) is 4.79 Å². The molecular weight excluding hydrogens is 343 g/mol. The van der Waals surface area contributed by atoms with Gasteiger partial charge in [0, 0.05) is 26.6 Å². The Hall–Kier alpha value is -2.53. The summed E-state index contributed by atoms with van der Waals surface area (Å²) < 4.78 is 43.1. The van der Waals surface area contributed by atoms with Crippen LogP contribution in [0.25, 0.3) is 0 Å². The van der Waals surface area contributed by atoms with Gasteiger partial charge in [-0.1, -0.05) is 11.6 Å². The van der Waals surface area contributed by atoms with Crippen molar-refractivity contribution in [3.05, 3.63) is 17.5 Å². The lowest BCUT2D eigenvalue weighted by Crippen LogP contribution is -2.34. The van der Waals surface area contributed by atoms with E-state index in [1.807, 2.05) is 0 Å². The van der Waals surface area contributed by atoms with Crippen molar-refractivity contribution in [2.45, 2.75) is 44.3 Å². The largest absolute Gasteiger partial charge is 0.471 e. The number of rotatable bonds is 4. The van der Waals surface area contributed by atoms with Gasteiger partial charge >= 0.3 is 12.1 Å². The number of carbonyl (C=O) groups excluding carboxylic acids is 1. The fourth-order valence-corrected chi connectivity index (χ4v) is 2.71. The molecule has 1 aliphatic heterocycles. The summed E-state index contributed by atoms with van der Waals surface area (Å²) in [5.41, 5.74) is 0. The molecule has 1 aliphatic rings. The van der Waals surface area contributed by atoms with E-state index in [-0.39, 0.29) is 24.7 Å². The number of tetrazole rings is 1. The van der Waals surface area contributed by atoms with Crippen LogP contribution in [0.5, 0.6) is 0 Å². The average Bonchev–Trinajstić information content (AvgIpc) is 3.18. The smallest absolute Gasteiger partial charge is 0.345 e. The predicted molar refractivity (Wildman–Crippen MR) is 75.1 cm³/mol. The molecule has 0 radical (unpaired) electrons. The normalized spacial score (nSPS) is 17.8. The highest BCUT2D eigenvalue weighted by molar-refractivity contribution is 5.82. The molecule has 3 rings (SSSR count). The van der Waals surface area contributed by atoms with Crippen LogP contribution in [0, 0.1) is 0 Å². The molecule has 0 aliphatic carbocycles. The zero-order valence-corrected chi connectivity index (χ0v) is 13.4. The Balaban J connectivity index is 1.63. The van der Waals surface area contributed by atoms with Crippen LogP contribution in [0.4, 0.5) is 13.2 Å². The third-order valence-corrected chi connectivity index (χ3v) is 4.04. The molecule has 1 amide bonds. The van der Waals surface area contributed by atoms with Gasteiger partial charge in [-0.2, -0.15) is 18.2 Å². The Labute approximate surface area is 140 Å². The van der Waals surface area contributed by atoms with Crippen LogP contribution in [-0.4, -0.2) is 54.7 Å². The summed E-state index contributed by atoms with van der Waals surface area (Å²) in [5, 5.41) is 14.7. The van der Waals surface area contributed by atoms with E-state index in [1.54, 1.807) is 11.7 Å². The van der Waals surface area contributed by atoms with E-state index in [4.69, 9.17) is 0 Å². The summed E-state index contributed by atoms with van der Waals surface area (Å²) in [6.07, 6.45) is -2.25. The van der Waals surface area contributed by atoms with Gasteiger partial charge in [-0.25, -0.2) is 4.68 Å². The maximum atomic E-state index is 12.7. The van der Waals surface area contributed by atoms with Crippen LogP contribution in [-0.2, 0) is 23.9 Å². The van der Waals surface area contributed by atoms with Crippen LogP contribution >= 0.6 is 0 Å². The van der Waals surface area contributed by atoms with Crippen LogP contribution < -0.4 is 0 Å². The molecular formula is C13H16F3N7O2. The van der Waals surface area contributed by atoms with Crippen LogP contribution in [0.2, 0.25) is 0 Å². The highest BCUT2D eigenvalue weighted by Crippen LogP contribution is 2.28. The van der Waals surface area contributed by atoms with Gasteiger partial charge in [0.1, 0.15) is 0 Å². The molecule has 136 valence electrons. The Morgan fingerprint density at radius 1 is 1.40 bits per heavy atom. The number of alkyl halides is 3. The predicted octanol–water partition coefficient (Wildman–Crippen LogP) is 1.04. The van der Waals surface area contributed by atoms with Crippen LogP contribution in [0.3, 0.4) is 0 Å². The summed E-state index contributed by atoms with van der Waals surface area (Å²) in [6, 6.07) is 0. The standard InChI is InChI=1S/C13H16F3N7O2/c1-22(7-5-9-17-12(25-19-9)13(14,15)16)11(24)8-4-2-3-6-23-10(8)18-20-21-23/h8H,2-7H2,1H3/t8-/m1/s1. The van der Waals surface area contributed by atoms with Crippen molar-refractivity contribution in [1.82, 2.24) is 35.2 Å². The number of hydrogen-bond acceptors (Lipinski definition) is 7. The van der Waals surface area contributed by atoms with Crippen molar-refractivity contribution in [1.29, 1.82) is 0 Å². The molecule has 0 N–H and O–H groups in total. The van der Waals surface area contributed by atoms with Gasteiger partial charge in [-0.05, 0) is 23.3 Å². The van der Waals surface area contributed by atoms with Crippen molar-refractivity contribution in [2.24, 2.45) is 0 Å². The summed E-state index contributed by atoms with van der Waals surface area (Å²) in [5.74, 6) is -1.61. The second-order valence-corrected chi connectivity index (χ2v) is 5.83. The summed E-state index contributed by atoms with van der Waals surface area (Å²) in [7, 11) is 1.58. The second kappa shape index (κ2) is 6.76. The van der Waals surface area contributed by atoms with E-state index in [9.17, 15) is 18.0 Å². The molecule has 3 heterocycles. The first kappa shape index (κ1) is 17.3. The fourth-order valence-electron chi connectivity index (χ4n) is 2.71. The van der Waals surface area contributed by atoms with Gasteiger partial charge in [0.25, 0.3) is 0 Å². The topological polar surface area (TPSA) is 103 Å². The highest BCUT2D eigenvalue weighted by Gasteiger charge is 2.38. The first-order chi connectivity index (χ1) is 11.9. The van der Waals surface area contributed by atoms with Gasteiger partial charge in [0.2, 0.25) is 5.91 Å². The average molecular weight is 359 g/mol. The molecule has 2 aromatic heterocycles. The van der Waals surface area contributed by atoms with Crippen molar-refractivity contribution in [3.8, 4) is 0 Å². The third-order valence-electron chi connectivity index (χ3n) is 4.04. The van der Waals surface area contributed by atoms with E-state index < -0.39 is 18.0 Å². The first-order valence-electron chi connectivity index (χ1n) is 7.77. The number of aromatic nitrogens is 6. The number of halogens is 3. The SMILES string of the molecule is CN(CCc1noc(C(F)(F)F)n1)C(=O)[C@@H]1CCCCn2nnnc21. The molecule has 25 heavy (non-hydrogen) atoms. The summed E-state index contributed by atoms with van der Waals surface area (Å²) in [4.78, 5) is 17.4. The van der Waals surface area contributed by atoms with Gasteiger partial charge < -0.3 is 9.42 Å². The Morgan fingerprint density at radius 3 is 2.92 bits per heavy atom. The number of fused-ring (bicyclic) bond motifs is 1. The lowest BCUT2D eigenvalue weighted by molar-refractivity contribution is -0.159. The number of hydrogen-bond donors (Lipinski definition) is 0. The monoisotopic (exact) mass is 359 g/mol. The van der Waals surface area contributed by atoms with E-state index in [0.29, 0.717) is 18.8 Å². The number of aryl methyl sites for hydroxylation is 1. The zero-order valence-electron chi connectivity index (χ0n) is 13.4. The van der Waals surface area contributed by atoms with Gasteiger partial charge in [0.05, 0.1) is 5.92 Å². The molecule has 0 spiro atoms. The molecule has 0 saturated heterocycles. The maximum Gasteiger partial charge on any atom is 0.471 e. The number of amides is 1. The van der Waals surface area contributed by atoms with Crippen molar-refractivity contribution >= 4 is 5.91 Å². The van der Waals surface area contributed by atoms with E-state index >= 15 is 0 Å². The molecule has 0 bridgehead atoms. The minimum atomic E-state index is -4.68. The van der Waals surface area contributed by atoms with E-state index in [0.717, 1.165) is 12.8 Å². The Bertz CT molecular complexity index is 742.